The van der Waals surface area contributed by atoms with Crippen LogP contribution in [0.5, 0.6) is 0 Å². The molecule has 0 aliphatic carbocycles. The summed E-state index contributed by atoms with van der Waals surface area (Å²) in [5.41, 5.74) is 0. The quantitative estimate of drug-likeness (QED) is 0.744. The number of hydrogen-bond donors (Lipinski definition) is 2. The van der Waals surface area contributed by atoms with Gasteiger partial charge in [0.05, 0.1) is 5.75 Å². The standard InChI is InChI=1S/C11H19N3O4S/c1-3-4-7-19(16,17)12-6-5-11(15)13-10-8-9(2)18-14-10/h8,12H,3-7H2,1-2H3,(H,13,14,15). The number of aromatic nitrogens is 1. The lowest BCUT2D eigenvalue weighted by molar-refractivity contribution is -0.116. The van der Waals surface area contributed by atoms with E-state index in [1.165, 1.54) is 0 Å². The molecular formula is C11H19N3O4S. The number of hydrogen-bond acceptors (Lipinski definition) is 5. The molecule has 0 atom stereocenters. The highest BCUT2D eigenvalue weighted by molar-refractivity contribution is 7.89. The summed E-state index contributed by atoms with van der Waals surface area (Å²) in [6.45, 7) is 3.71. The zero-order valence-electron chi connectivity index (χ0n) is 11.1. The first-order chi connectivity index (χ1) is 8.93. The topological polar surface area (TPSA) is 101 Å². The number of aryl methyl sites for hydroxylation is 1. The summed E-state index contributed by atoms with van der Waals surface area (Å²) in [7, 11) is -3.27. The first kappa shape index (κ1) is 15.6. The van der Waals surface area contributed by atoms with Crippen LogP contribution in [0.15, 0.2) is 10.6 Å². The third-order valence-corrected chi connectivity index (χ3v) is 3.81. The Morgan fingerprint density at radius 2 is 2.21 bits per heavy atom. The summed E-state index contributed by atoms with van der Waals surface area (Å²) in [4.78, 5) is 11.5. The first-order valence-corrected chi connectivity index (χ1v) is 7.78. The van der Waals surface area contributed by atoms with E-state index in [9.17, 15) is 13.2 Å². The predicted octanol–water partition coefficient (Wildman–Crippen LogP) is 1.03. The second-order valence-corrected chi connectivity index (χ2v) is 6.11. The van der Waals surface area contributed by atoms with Crippen molar-refractivity contribution >= 4 is 21.7 Å². The van der Waals surface area contributed by atoms with Gasteiger partial charge >= 0.3 is 0 Å². The van der Waals surface area contributed by atoms with Crippen LogP contribution in [0.1, 0.15) is 31.9 Å². The maximum absolute atomic E-state index is 11.5. The summed E-state index contributed by atoms with van der Waals surface area (Å²) in [6, 6.07) is 1.59. The Kier molecular flexibility index (Phi) is 5.97. The van der Waals surface area contributed by atoms with E-state index in [-0.39, 0.29) is 24.6 Å². The molecule has 2 N–H and O–H groups in total. The molecule has 1 heterocycles. The summed E-state index contributed by atoms with van der Waals surface area (Å²) >= 11 is 0. The van der Waals surface area contributed by atoms with Gasteiger partial charge in [0.2, 0.25) is 15.9 Å². The minimum Gasteiger partial charge on any atom is -0.360 e. The van der Waals surface area contributed by atoms with Crippen LogP contribution >= 0.6 is 0 Å². The first-order valence-electron chi connectivity index (χ1n) is 6.13. The number of carbonyl (C=O) groups is 1. The van der Waals surface area contributed by atoms with Crippen LogP contribution in [0.3, 0.4) is 0 Å². The van der Waals surface area contributed by atoms with E-state index in [2.05, 4.69) is 15.2 Å². The molecule has 0 aliphatic rings. The number of amides is 1. The van der Waals surface area contributed by atoms with E-state index >= 15 is 0 Å². The van der Waals surface area contributed by atoms with Crippen molar-refractivity contribution in [2.75, 3.05) is 17.6 Å². The minimum absolute atomic E-state index is 0.0528. The molecule has 1 aromatic rings. The lowest BCUT2D eigenvalue weighted by Gasteiger charge is -2.05. The monoisotopic (exact) mass is 289 g/mol. The minimum atomic E-state index is -3.27. The van der Waals surface area contributed by atoms with Crippen molar-refractivity contribution in [3.05, 3.63) is 11.8 Å². The molecule has 0 fully saturated rings. The van der Waals surface area contributed by atoms with Crippen LogP contribution in [-0.2, 0) is 14.8 Å². The molecular weight excluding hydrogens is 270 g/mol. The molecule has 0 unspecified atom stereocenters. The second kappa shape index (κ2) is 7.25. The molecule has 1 rings (SSSR count). The molecule has 0 aliphatic heterocycles. The second-order valence-electron chi connectivity index (χ2n) is 4.19. The number of unbranched alkanes of at least 4 members (excludes halogenated alkanes) is 1. The summed E-state index contributed by atoms with van der Waals surface area (Å²) < 4.78 is 30.1. The lowest BCUT2D eigenvalue weighted by atomic mass is 10.4. The van der Waals surface area contributed by atoms with E-state index < -0.39 is 10.0 Å². The maximum atomic E-state index is 11.5. The van der Waals surface area contributed by atoms with Gasteiger partial charge in [0, 0.05) is 19.0 Å². The SMILES string of the molecule is CCCCS(=O)(=O)NCCC(=O)Nc1cc(C)on1. The molecule has 0 saturated heterocycles. The highest BCUT2D eigenvalue weighted by Gasteiger charge is 2.11. The molecule has 0 aromatic carbocycles. The molecule has 0 spiro atoms. The molecule has 1 aromatic heterocycles. The van der Waals surface area contributed by atoms with Crippen LogP contribution in [0.2, 0.25) is 0 Å². The van der Waals surface area contributed by atoms with Crippen molar-refractivity contribution in [3.8, 4) is 0 Å². The predicted molar refractivity (Wildman–Crippen MR) is 71.2 cm³/mol. The van der Waals surface area contributed by atoms with E-state index in [1.54, 1.807) is 13.0 Å². The largest absolute Gasteiger partial charge is 0.360 e. The van der Waals surface area contributed by atoms with Crippen molar-refractivity contribution in [1.29, 1.82) is 0 Å². The fraction of sp³-hybridized carbons (Fsp3) is 0.636. The summed E-state index contributed by atoms with van der Waals surface area (Å²) in [5, 5.41) is 6.12. The summed E-state index contributed by atoms with van der Waals surface area (Å²) in [5.74, 6) is 0.701. The molecule has 0 saturated carbocycles. The van der Waals surface area contributed by atoms with E-state index in [0.29, 0.717) is 18.0 Å². The Balaban J connectivity index is 2.27. The third kappa shape index (κ3) is 6.35. The average molecular weight is 289 g/mol. The molecule has 8 heteroatoms. The number of carbonyl (C=O) groups excluding carboxylic acids is 1. The molecule has 19 heavy (non-hydrogen) atoms. The fourth-order valence-corrected chi connectivity index (χ4v) is 2.58. The van der Waals surface area contributed by atoms with Crippen LogP contribution in [0.4, 0.5) is 5.82 Å². The van der Waals surface area contributed by atoms with Gasteiger partial charge in [-0.15, -0.1) is 0 Å². The van der Waals surface area contributed by atoms with Crippen molar-refractivity contribution in [2.24, 2.45) is 0 Å². The van der Waals surface area contributed by atoms with Crippen molar-refractivity contribution in [2.45, 2.75) is 33.1 Å². The van der Waals surface area contributed by atoms with Gasteiger partial charge in [0.25, 0.3) is 0 Å². The van der Waals surface area contributed by atoms with Gasteiger partial charge in [-0.3, -0.25) is 4.79 Å². The van der Waals surface area contributed by atoms with Crippen molar-refractivity contribution < 1.29 is 17.7 Å². The Hall–Kier alpha value is -1.41. The van der Waals surface area contributed by atoms with Gasteiger partial charge in [0.15, 0.2) is 5.82 Å². The highest BCUT2D eigenvalue weighted by atomic mass is 32.2. The maximum Gasteiger partial charge on any atom is 0.226 e. The fourth-order valence-electron chi connectivity index (χ4n) is 1.36. The van der Waals surface area contributed by atoms with Gasteiger partial charge in [-0.25, -0.2) is 13.1 Å². The molecule has 1 amide bonds. The summed E-state index contributed by atoms with van der Waals surface area (Å²) in [6.07, 6.45) is 1.48. The Bertz CT molecular complexity index is 510. The lowest BCUT2D eigenvalue weighted by Crippen LogP contribution is -2.29. The number of nitrogens with zero attached hydrogens (tertiary/aromatic N) is 1. The Labute approximate surface area is 112 Å². The van der Waals surface area contributed by atoms with Crippen molar-refractivity contribution in [1.82, 2.24) is 9.88 Å². The van der Waals surface area contributed by atoms with E-state index in [4.69, 9.17) is 4.52 Å². The highest BCUT2D eigenvalue weighted by Crippen LogP contribution is 2.06. The van der Waals surface area contributed by atoms with Gasteiger partial charge in [0.1, 0.15) is 5.76 Å². The Morgan fingerprint density at radius 1 is 1.47 bits per heavy atom. The van der Waals surface area contributed by atoms with Crippen LogP contribution in [-0.4, -0.2) is 31.8 Å². The van der Waals surface area contributed by atoms with E-state index in [0.717, 1.165) is 6.42 Å². The molecule has 0 bridgehead atoms. The Morgan fingerprint density at radius 3 is 2.79 bits per heavy atom. The van der Waals surface area contributed by atoms with Gasteiger partial charge < -0.3 is 9.84 Å². The van der Waals surface area contributed by atoms with Crippen LogP contribution in [0, 0.1) is 6.92 Å². The average Bonchev–Trinajstić information content (AvgIpc) is 2.72. The zero-order chi connectivity index (χ0) is 14.3. The van der Waals surface area contributed by atoms with Gasteiger partial charge in [-0.1, -0.05) is 18.5 Å². The number of rotatable bonds is 8. The van der Waals surface area contributed by atoms with Crippen LogP contribution < -0.4 is 10.0 Å². The zero-order valence-corrected chi connectivity index (χ0v) is 11.9. The van der Waals surface area contributed by atoms with Crippen LogP contribution in [0.25, 0.3) is 0 Å². The number of sulfonamides is 1. The number of nitrogens with one attached hydrogen (secondary N) is 2. The van der Waals surface area contributed by atoms with Gasteiger partial charge in [-0.2, -0.15) is 0 Å². The molecule has 108 valence electrons. The molecule has 0 radical (unpaired) electrons. The molecule has 7 nitrogen and oxygen atoms in total. The van der Waals surface area contributed by atoms with E-state index in [1.807, 2.05) is 6.92 Å². The smallest absolute Gasteiger partial charge is 0.226 e. The number of anilines is 1. The third-order valence-electron chi connectivity index (χ3n) is 2.34. The van der Waals surface area contributed by atoms with Crippen molar-refractivity contribution in [3.63, 3.8) is 0 Å². The normalized spacial score (nSPS) is 11.5. The van der Waals surface area contributed by atoms with Gasteiger partial charge in [-0.05, 0) is 13.3 Å².